The molecule has 2 amide bonds. The zero-order valence-electron chi connectivity index (χ0n) is 14.8. The maximum absolute atomic E-state index is 12.8. The zero-order valence-corrected chi connectivity index (χ0v) is 16.4. The Bertz CT molecular complexity index is 1030. The van der Waals surface area contributed by atoms with Gasteiger partial charge in [-0.05, 0) is 29.8 Å². The van der Waals surface area contributed by atoms with Gasteiger partial charge in [0.15, 0.2) is 9.84 Å². The topological polar surface area (TPSA) is 102 Å². The minimum Gasteiger partial charge on any atom is -0.466 e. The van der Waals surface area contributed by atoms with Crippen LogP contribution in [0.4, 0.5) is 4.79 Å². The number of nitrogens with one attached hydrogen (secondary N) is 2. The van der Waals surface area contributed by atoms with E-state index in [0.29, 0.717) is 10.6 Å². The predicted octanol–water partition coefficient (Wildman–Crippen LogP) is 2.59. The van der Waals surface area contributed by atoms with Gasteiger partial charge in [0.25, 0.3) is 0 Å². The van der Waals surface area contributed by atoms with Gasteiger partial charge in [-0.25, -0.2) is 18.0 Å². The lowest BCUT2D eigenvalue weighted by Gasteiger charge is -2.29. The number of sulfone groups is 1. The fourth-order valence-electron chi connectivity index (χ4n) is 2.89. The summed E-state index contributed by atoms with van der Waals surface area (Å²) in [5.74, 6) is -1.30. The highest BCUT2D eigenvalue weighted by molar-refractivity contribution is 7.91. The first-order valence-corrected chi connectivity index (χ1v) is 10.3. The van der Waals surface area contributed by atoms with Crippen molar-refractivity contribution in [3.8, 4) is 0 Å². The van der Waals surface area contributed by atoms with Crippen molar-refractivity contribution in [1.82, 2.24) is 10.6 Å². The lowest BCUT2D eigenvalue weighted by Crippen LogP contribution is -2.47. The Kier molecular flexibility index (Phi) is 5.71. The molecule has 1 aliphatic heterocycles. The summed E-state index contributed by atoms with van der Waals surface area (Å²) >= 11 is 5.91. The number of esters is 1. The van der Waals surface area contributed by atoms with Gasteiger partial charge in [0.05, 0.1) is 29.4 Å². The van der Waals surface area contributed by atoms with Crippen molar-refractivity contribution in [2.45, 2.75) is 10.9 Å². The molecule has 2 aromatic rings. The summed E-state index contributed by atoms with van der Waals surface area (Å²) in [7, 11) is -2.61. The molecular formula is C19H17ClN2O5S. The average Bonchev–Trinajstić information content (AvgIpc) is 2.68. The first kappa shape index (κ1) is 19.9. The molecule has 1 aliphatic rings. The van der Waals surface area contributed by atoms with E-state index in [1.807, 2.05) is 0 Å². The summed E-state index contributed by atoms with van der Waals surface area (Å²) in [5.41, 5.74) is 0.553. The van der Waals surface area contributed by atoms with Crippen molar-refractivity contribution >= 4 is 33.4 Å². The molecule has 0 radical (unpaired) electrons. The van der Waals surface area contributed by atoms with Gasteiger partial charge in [-0.15, -0.1) is 0 Å². The SMILES string of the molecule is COC(=O)C1=C(CS(=O)(=O)c2ccccc2)NC(=O)NC1c1ccc(Cl)cc1. The number of carbonyl (C=O) groups is 2. The molecule has 2 N–H and O–H groups in total. The largest absolute Gasteiger partial charge is 0.466 e. The van der Waals surface area contributed by atoms with Crippen molar-refractivity contribution < 1.29 is 22.7 Å². The smallest absolute Gasteiger partial charge is 0.338 e. The fraction of sp³-hybridized carbons (Fsp3) is 0.158. The first-order chi connectivity index (χ1) is 13.3. The Labute approximate surface area is 167 Å². The molecule has 7 nitrogen and oxygen atoms in total. The van der Waals surface area contributed by atoms with Gasteiger partial charge in [-0.2, -0.15) is 0 Å². The molecule has 0 saturated carbocycles. The van der Waals surface area contributed by atoms with Crippen LogP contribution in [0.3, 0.4) is 0 Å². The Hall–Kier alpha value is -2.84. The van der Waals surface area contributed by atoms with Crippen LogP contribution in [-0.2, 0) is 19.4 Å². The van der Waals surface area contributed by atoms with Crippen molar-refractivity contribution in [2.24, 2.45) is 0 Å². The van der Waals surface area contributed by atoms with E-state index >= 15 is 0 Å². The van der Waals surface area contributed by atoms with Gasteiger partial charge in [0.1, 0.15) is 0 Å². The van der Waals surface area contributed by atoms with Crippen LogP contribution in [0.1, 0.15) is 11.6 Å². The van der Waals surface area contributed by atoms with Gasteiger partial charge in [0, 0.05) is 10.7 Å². The third-order valence-corrected chi connectivity index (χ3v) is 6.11. The lowest BCUT2D eigenvalue weighted by molar-refractivity contribution is -0.136. The standard InChI is InChI=1S/C19H17ClN2O5S/c1-27-18(23)16-15(11-28(25,26)14-5-3-2-4-6-14)21-19(24)22-17(16)12-7-9-13(20)10-8-12/h2-10,17H,11H2,1H3,(H2,21,22,24). The number of rotatable bonds is 5. The van der Waals surface area contributed by atoms with Crippen LogP contribution in [0.2, 0.25) is 5.02 Å². The van der Waals surface area contributed by atoms with Crippen molar-refractivity contribution in [3.05, 3.63) is 76.5 Å². The van der Waals surface area contributed by atoms with Crippen LogP contribution in [0, 0.1) is 0 Å². The van der Waals surface area contributed by atoms with Crippen molar-refractivity contribution in [1.29, 1.82) is 0 Å². The van der Waals surface area contributed by atoms with E-state index in [1.54, 1.807) is 42.5 Å². The van der Waals surface area contributed by atoms with E-state index in [4.69, 9.17) is 16.3 Å². The number of halogens is 1. The number of benzene rings is 2. The van der Waals surface area contributed by atoms with E-state index in [2.05, 4.69) is 10.6 Å². The molecule has 1 unspecified atom stereocenters. The Balaban J connectivity index is 2.09. The minimum atomic E-state index is -3.80. The summed E-state index contributed by atoms with van der Waals surface area (Å²) in [6.07, 6.45) is 0. The van der Waals surface area contributed by atoms with Gasteiger partial charge in [-0.1, -0.05) is 41.9 Å². The molecule has 146 valence electrons. The van der Waals surface area contributed by atoms with E-state index in [9.17, 15) is 18.0 Å². The molecule has 28 heavy (non-hydrogen) atoms. The van der Waals surface area contributed by atoms with Gasteiger partial charge >= 0.3 is 12.0 Å². The summed E-state index contributed by atoms with van der Waals surface area (Å²) in [6.45, 7) is 0. The molecule has 0 fully saturated rings. The number of urea groups is 1. The second-order valence-corrected chi connectivity index (χ2v) is 8.46. The van der Waals surface area contributed by atoms with Crippen LogP contribution in [0.25, 0.3) is 0 Å². The maximum atomic E-state index is 12.8. The third-order valence-electron chi connectivity index (χ3n) is 4.20. The highest BCUT2D eigenvalue weighted by atomic mass is 35.5. The molecule has 0 spiro atoms. The second kappa shape index (κ2) is 8.04. The van der Waals surface area contributed by atoms with E-state index < -0.39 is 33.6 Å². The van der Waals surface area contributed by atoms with Crippen molar-refractivity contribution in [2.75, 3.05) is 12.9 Å². The Morgan fingerprint density at radius 1 is 1.11 bits per heavy atom. The van der Waals surface area contributed by atoms with Crippen molar-refractivity contribution in [3.63, 3.8) is 0 Å². The van der Waals surface area contributed by atoms with E-state index in [0.717, 1.165) is 0 Å². The second-order valence-electron chi connectivity index (χ2n) is 6.04. The molecule has 0 aromatic heterocycles. The monoisotopic (exact) mass is 420 g/mol. The molecule has 1 atom stereocenters. The van der Waals surface area contributed by atoms with E-state index in [-0.39, 0.29) is 16.2 Å². The highest BCUT2D eigenvalue weighted by Gasteiger charge is 2.35. The molecule has 1 heterocycles. The van der Waals surface area contributed by atoms with Gasteiger partial charge < -0.3 is 15.4 Å². The molecular weight excluding hydrogens is 404 g/mol. The predicted molar refractivity (Wildman–Crippen MR) is 103 cm³/mol. The Morgan fingerprint density at radius 2 is 1.75 bits per heavy atom. The van der Waals surface area contributed by atoms with Crippen LogP contribution < -0.4 is 10.6 Å². The van der Waals surface area contributed by atoms with Crippen LogP contribution in [0.15, 0.2) is 70.8 Å². The summed E-state index contributed by atoms with van der Waals surface area (Å²) < 4.78 is 30.4. The quantitative estimate of drug-likeness (QED) is 0.724. The maximum Gasteiger partial charge on any atom is 0.338 e. The fourth-order valence-corrected chi connectivity index (χ4v) is 4.36. The third kappa shape index (κ3) is 4.18. The Morgan fingerprint density at radius 3 is 2.36 bits per heavy atom. The normalized spacial score (nSPS) is 16.9. The summed E-state index contributed by atoms with van der Waals surface area (Å²) in [5, 5.41) is 5.55. The zero-order chi connectivity index (χ0) is 20.3. The number of carbonyl (C=O) groups excluding carboxylic acids is 2. The molecule has 0 saturated heterocycles. The molecule has 2 aromatic carbocycles. The number of methoxy groups -OCH3 is 1. The van der Waals surface area contributed by atoms with Gasteiger partial charge in [-0.3, -0.25) is 0 Å². The molecule has 0 bridgehead atoms. The summed E-state index contributed by atoms with van der Waals surface area (Å²) in [4.78, 5) is 24.7. The van der Waals surface area contributed by atoms with Gasteiger partial charge in [0.2, 0.25) is 0 Å². The van der Waals surface area contributed by atoms with Crippen LogP contribution in [-0.4, -0.2) is 33.3 Å². The number of ether oxygens (including phenoxy) is 1. The average molecular weight is 421 g/mol. The molecule has 3 rings (SSSR count). The lowest BCUT2D eigenvalue weighted by atomic mass is 9.95. The molecule has 9 heteroatoms. The first-order valence-electron chi connectivity index (χ1n) is 8.24. The minimum absolute atomic E-state index is 0.0175. The number of hydrogen-bond donors (Lipinski definition) is 2. The number of amides is 2. The molecule has 0 aliphatic carbocycles. The number of hydrogen-bond acceptors (Lipinski definition) is 5. The van der Waals surface area contributed by atoms with E-state index in [1.165, 1.54) is 19.2 Å². The van der Waals surface area contributed by atoms with Crippen LogP contribution in [0.5, 0.6) is 0 Å². The summed E-state index contributed by atoms with van der Waals surface area (Å²) in [6, 6.07) is 12.8. The highest BCUT2D eigenvalue weighted by Crippen LogP contribution is 2.29. The van der Waals surface area contributed by atoms with Crippen LogP contribution >= 0.6 is 11.6 Å².